The average molecular weight is 570 g/mol. The number of thiophene rings is 1. The maximum atomic E-state index is 2.42. The van der Waals surface area contributed by atoms with E-state index < -0.39 is 0 Å². The van der Waals surface area contributed by atoms with E-state index in [4.69, 9.17) is 0 Å². The Morgan fingerprint density at radius 2 is 0.977 bits per heavy atom. The second-order valence-electron chi connectivity index (χ2n) is 11.8. The standard InChI is InChI=1S/C41H31NS/c1-41(2)37-27-34(25-26-35(37)40-39(41)36-15-9-10-16-38(36)43-40)42(32-21-17-30(18-22-32)28-11-5-3-6-12-28)33-23-19-31(20-24-33)29-13-7-4-8-14-29/h3-27H,1-2H3. The fourth-order valence-electron chi connectivity index (χ4n) is 6.69. The lowest BCUT2D eigenvalue weighted by Gasteiger charge is -2.28. The van der Waals surface area contributed by atoms with Gasteiger partial charge in [-0.2, -0.15) is 0 Å². The van der Waals surface area contributed by atoms with Crippen LogP contribution in [-0.4, -0.2) is 0 Å². The first-order valence-electron chi connectivity index (χ1n) is 14.9. The summed E-state index contributed by atoms with van der Waals surface area (Å²) in [6.07, 6.45) is 0. The monoisotopic (exact) mass is 569 g/mol. The SMILES string of the molecule is CC1(C)c2cc(N(c3ccc(-c4ccccc4)cc3)c3ccc(-c4ccccc4)cc3)ccc2-c2sc3ccccc3c21. The Morgan fingerprint density at radius 1 is 0.488 bits per heavy atom. The van der Waals surface area contributed by atoms with Crippen LogP contribution in [0.15, 0.2) is 152 Å². The molecule has 0 fully saturated rings. The molecule has 8 rings (SSSR count). The third kappa shape index (κ3) is 4.29. The molecule has 2 heteroatoms. The molecule has 43 heavy (non-hydrogen) atoms. The fourth-order valence-corrected chi connectivity index (χ4v) is 8.09. The van der Waals surface area contributed by atoms with Gasteiger partial charge in [0.05, 0.1) is 0 Å². The summed E-state index contributed by atoms with van der Waals surface area (Å²) in [5, 5.41) is 1.38. The molecule has 0 spiro atoms. The second kappa shape index (κ2) is 10.1. The van der Waals surface area contributed by atoms with E-state index >= 15 is 0 Å². The number of benzene rings is 6. The fraction of sp³-hybridized carbons (Fsp3) is 0.0732. The Labute approximate surface area is 257 Å². The molecular formula is C41H31NS. The maximum Gasteiger partial charge on any atom is 0.0465 e. The predicted octanol–water partition coefficient (Wildman–Crippen LogP) is 12.0. The summed E-state index contributed by atoms with van der Waals surface area (Å²) < 4.78 is 1.37. The minimum Gasteiger partial charge on any atom is -0.310 e. The highest BCUT2D eigenvalue weighted by molar-refractivity contribution is 7.22. The molecule has 206 valence electrons. The van der Waals surface area contributed by atoms with Crippen molar-refractivity contribution in [2.75, 3.05) is 4.90 Å². The molecule has 0 radical (unpaired) electrons. The van der Waals surface area contributed by atoms with Crippen LogP contribution in [0.5, 0.6) is 0 Å². The Morgan fingerprint density at radius 3 is 1.56 bits per heavy atom. The summed E-state index contributed by atoms with van der Waals surface area (Å²) in [5.41, 5.74) is 12.5. The Balaban J connectivity index is 1.25. The smallest absolute Gasteiger partial charge is 0.0465 e. The molecule has 6 aromatic carbocycles. The molecule has 0 amide bonds. The van der Waals surface area contributed by atoms with Gasteiger partial charge >= 0.3 is 0 Å². The molecule has 1 aliphatic rings. The normalized spacial score (nSPS) is 13.1. The van der Waals surface area contributed by atoms with E-state index in [-0.39, 0.29) is 5.41 Å². The van der Waals surface area contributed by atoms with E-state index in [2.05, 4.69) is 170 Å². The van der Waals surface area contributed by atoms with Crippen molar-refractivity contribution >= 4 is 38.5 Å². The van der Waals surface area contributed by atoms with Gasteiger partial charge in [0, 0.05) is 32.1 Å². The van der Waals surface area contributed by atoms with Crippen LogP contribution in [0.4, 0.5) is 17.1 Å². The zero-order valence-electron chi connectivity index (χ0n) is 24.3. The maximum absolute atomic E-state index is 2.42. The van der Waals surface area contributed by atoms with Crippen LogP contribution < -0.4 is 4.90 Å². The number of nitrogens with zero attached hydrogens (tertiary/aromatic N) is 1. The Bertz CT molecular complexity index is 1990. The van der Waals surface area contributed by atoms with Crippen molar-refractivity contribution in [1.82, 2.24) is 0 Å². The van der Waals surface area contributed by atoms with Gasteiger partial charge < -0.3 is 4.90 Å². The van der Waals surface area contributed by atoms with Gasteiger partial charge in [-0.15, -0.1) is 11.3 Å². The molecule has 0 N–H and O–H groups in total. The molecule has 0 unspecified atom stereocenters. The molecule has 1 nitrogen and oxygen atoms in total. The van der Waals surface area contributed by atoms with Crippen molar-refractivity contribution in [3.63, 3.8) is 0 Å². The van der Waals surface area contributed by atoms with Crippen LogP contribution in [0, 0.1) is 0 Å². The molecule has 0 saturated carbocycles. The first kappa shape index (κ1) is 25.8. The van der Waals surface area contributed by atoms with Crippen LogP contribution in [0.25, 0.3) is 42.8 Å². The largest absolute Gasteiger partial charge is 0.310 e. The lowest BCUT2D eigenvalue weighted by molar-refractivity contribution is 0.667. The number of hydrogen-bond acceptors (Lipinski definition) is 2. The molecule has 0 atom stereocenters. The summed E-state index contributed by atoms with van der Waals surface area (Å²) >= 11 is 1.92. The van der Waals surface area contributed by atoms with E-state index in [1.165, 1.54) is 59.6 Å². The van der Waals surface area contributed by atoms with Crippen molar-refractivity contribution in [3.05, 3.63) is 163 Å². The van der Waals surface area contributed by atoms with Crippen molar-refractivity contribution in [1.29, 1.82) is 0 Å². The van der Waals surface area contributed by atoms with Crippen LogP contribution in [0.3, 0.4) is 0 Å². The minimum absolute atomic E-state index is 0.0831. The highest BCUT2D eigenvalue weighted by Gasteiger charge is 2.39. The molecule has 1 aliphatic carbocycles. The third-order valence-corrected chi connectivity index (χ3v) is 10.1. The molecule has 1 aromatic heterocycles. The summed E-state index contributed by atoms with van der Waals surface area (Å²) in [7, 11) is 0. The molecule has 0 aliphatic heterocycles. The van der Waals surface area contributed by atoms with E-state index in [1.807, 2.05) is 11.3 Å². The highest BCUT2D eigenvalue weighted by atomic mass is 32.1. The molecule has 7 aromatic rings. The van der Waals surface area contributed by atoms with Gasteiger partial charge in [0.2, 0.25) is 0 Å². The highest BCUT2D eigenvalue weighted by Crippen LogP contribution is 2.56. The predicted molar refractivity (Wildman–Crippen MR) is 185 cm³/mol. The van der Waals surface area contributed by atoms with Gasteiger partial charge in [0.25, 0.3) is 0 Å². The van der Waals surface area contributed by atoms with Crippen molar-refractivity contribution in [3.8, 4) is 32.7 Å². The first-order valence-corrected chi connectivity index (χ1v) is 15.7. The van der Waals surface area contributed by atoms with Gasteiger partial charge in [-0.1, -0.05) is 123 Å². The number of hydrogen-bond donors (Lipinski definition) is 0. The number of fused-ring (bicyclic) bond motifs is 5. The van der Waals surface area contributed by atoms with Crippen LogP contribution in [0.1, 0.15) is 25.0 Å². The van der Waals surface area contributed by atoms with Crippen LogP contribution in [-0.2, 0) is 5.41 Å². The second-order valence-corrected chi connectivity index (χ2v) is 12.9. The van der Waals surface area contributed by atoms with E-state index in [0.29, 0.717) is 0 Å². The zero-order chi connectivity index (χ0) is 29.0. The first-order chi connectivity index (χ1) is 21.1. The van der Waals surface area contributed by atoms with Crippen molar-refractivity contribution in [2.45, 2.75) is 19.3 Å². The zero-order valence-corrected chi connectivity index (χ0v) is 25.1. The van der Waals surface area contributed by atoms with Crippen LogP contribution >= 0.6 is 11.3 Å². The van der Waals surface area contributed by atoms with Gasteiger partial charge in [-0.25, -0.2) is 0 Å². The molecular weight excluding hydrogens is 539 g/mol. The quantitative estimate of drug-likeness (QED) is 0.199. The summed E-state index contributed by atoms with van der Waals surface area (Å²) in [4.78, 5) is 3.81. The molecule has 1 heterocycles. The van der Waals surface area contributed by atoms with Gasteiger partial charge in [-0.05, 0) is 86.8 Å². The van der Waals surface area contributed by atoms with E-state index in [1.54, 1.807) is 0 Å². The van der Waals surface area contributed by atoms with Gasteiger partial charge in [0.1, 0.15) is 0 Å². The molecule has 0 saturated heterocycles. The minimum atomic E-state index is -0.0831. The van der Waals surface area contributed by atoms with Gasteiger partial charge in [0.15, 0.2) is 0 Å². The van der Waals surface area contributed by atoms with E-state index in [9.17, 15) is 0 Å². The number of anilines is 3. The lowest BCUT2D eigenvalue weighted by atomic mass is 9.81. The van der Waals surface area contributed by atoms with Gasteiger partial charge in [-0.3, -0.25) is 0 Å². The third-order valence-electron chi connectivity index (χ3n) is 8.87. The Hall–Kier alpha value is -4.92. The van der Waals surface area contributed by atoms with Crippen molar-refractivity contribution < 1.29 is 0 Å². The molecule has 0 bridgehead atoms. The average Bonchev–Trinajstić information content (AvgIpc) is 3.56. The summed E-state index contributed by atoms with van der Waals surface area (Å²) in [6, 6.07) is 55.0. The van der Waals surface area contributed by atoms with E-state index in [0.717, 1.165) is 11.4 Å². The van der Waals surface area contributed by atoms with Crippen molar-refractivity contribution in [2.24, 2.45) is 0 Å². The number of rotatable bonds is 5. The summed E-state index contributed by atoms with van der Waals surface area (Å²) in [6.45, 7) is 4.77. The Kier molecular flexibility index (Phi) is 6.06. The lowest BCUT2D eigenvalue weighted by Crippen LogP contribution is -2.16. The van der Waals surface area contributed by atoms with Crippen LogP contribution in [0.2, 0.25) is 0 Å². The summed E-state index contributed by atoms with van der Waals surface area (Å²) in [5.74, 6) is 0. The topological polar surface area (TPSA) is 3.24 Å².